The molecule has 0 radical (unpaired) electrons. The summed E-state index contributed by atoms with van der Waals surface area (Å²) in [4.78, 5) is 13.3. The van der Waals surface area contributed by atoms with Crippen molar-refractivity contribution < 1.29 is 0 Å². The van der Waals surface area contributed by atoms with Gasteiger partial charge in [-0.25, -0.2) is 15.0 Å². The van der Waals surface area contributed by atoms with E-state index in [0.29, 0.717) is 5.92 Å². The SMILES string of the molecule is Cc1nc(C2CCCNC2)c2cccnc2n1. The maximum Gasteiger partial charge on any atom is 0.163 e. The van der Waals surface area contributed by atoms with Crippen LogP contribution in [0.2, 0.25) is 0 Å². The second-order valence-corrected chi connectivity index (χ2v) is 4.57. The second-order valence-electron chi connectivity index (χ2n) is 4.57. The Labute approximate surface area is 101 Å². The number of rotatable bonds is 1. The van der Waals surface area contributed by atoms with E-state index in [4.69, 9.17) is 0 Å². The highest BCUT2D eigenvalue weighted by molar-refractivity contribution is 5.77. The predicted molar refractivity (Wildman–Crippen MR) is 66.9 cm³/mol. The van der Waals surface area contributed by atoms with E-state index in [0.717, 1.165) is 35.6 Å². The fraction of sp³-hybridized carbons (Fsp3) is 0.462. The number of hydrogen-bond donors (Lipinski definition) is 1. The van der Waals surface area contributed by atoms with Gasteiger partial charge in [0.25, 0.3) is 0 Å². The Morgan fingerprint density at radius 2 is 2.29 bits per heavy atom. The highest BCUT2D eigenvalue weighted by atomic mass is 15.0. The third-order valence-electron chi connectivity index (χ3n) is 3.30. The molecule has 0 saturated carbocycles. The second kappa shape index (κ2) is 4.37. The summed E-state index contributed by atoms with van der Waals surface area (Å²) in [6, 6.07) is 4.03. The van der Waals surface area contributed by atoms with Gasteiger partial charge in [-0.2, -0.15) is 0 Å². The summed E-state index contributed by atoms with van der Waals surface area (Å²) in [7, 11) is 0. The van der Waals surface area contributed by atoms with Crippen LogP contribution >= 0.6 is 0 Å². The zero-order chi connectivity index (χ0) is 11.7. The lowest BCUT2D eigenvalue weighted by Gasteiger charge is -2.23. The predicted octanol–water partition coefficient (Wildman–Crippen LogP) is 1.80. The number of nitrogens with one attached hydrogen (secondary N) is 1. The Kier molecular flexibility index (Phi) is 2.73. The first-order chi connectivity index (χ1) is 8.34. The number of aromatic nitrogens is 3. The van der Waals surface area contributed by atoms with Gasteiger partial charge in [0.15, 0.2) is 5.65 Å². The van der Waals surface area contributed by atoms with Crippen molar-refractivity contribution in [2.45, 2.75) is 25.7 Å². The zero-order valence-corrected chi connectivity index (χ0v) is 9.98. The lowest BCUT2D eigenvalue weighted by molar-refractivity contribution is 0.456. The minimum absolute atomic E-state index is 0.497. The van der Waals surface area contributed by atoms with Crippen molar-refractivity contribution in [2.24, 2.45) is 0 Å². The van der Waals surface area contributed by atoms with E-state index in [1.165, 1.54) is 12.8 Å². The molecule has 4 heteroatoms. The van der Waals surface area contributed by atoms with Gasteiger partial charge >= 0.3 is 0 Å². The highest BCUT2D eigenvalue weighted by Gasteiger charge is 2.19. The molecule has 0 amide bonds. The van der Waals surface area contributed by atoms with E-state index in [1.54, 1.807) is 6.20 Å². The molecule has 0 aliphatic carbocycles. The van der Waals surface area contributed by atoms with Crippen LogP contribution < -0.4 is 5.32 Å². The number of fused-ring (bicyclic) bond motifs is 1. The molecule has 1 fully saturated rings. The van der Waals surface area contributed by atoms with Crippen LogP contribution in [0, 0.1) is 6.92 Å². The molecular weight excluding hydrogens is 212 g/mol. The number of aryl methyl sites for hydroxylation is 1. The van der Waals surface area contributed by atoms with Gasteiger partial charge in [-0.05, 0) is 38.4 Å². The molecule has 1 N–H and O–H groups in total. The normalized spacial score (nSPS) is 20.6. The molecule has 88 valence electrons. The third-order valence-corrected chi connectivity index (χ3v) is 3.30. The van der Waals surface area contributed by atoms with Crippen molar-refractivity contribution in [3.63, 3.8) is 0 Å². The van der Waals surface area contributed by atoms with Crippen LogP contribution in [-0.4, -0.2) is 28.0 Å². The summed E-state index contributed by atoms with van der Waals surface area (Å²) in [6.07, 6.45) is 4.21. The summed E-state index contributed by atoms with van der Waals surface area (Å²) in [5, 5.41) is 4.54. The summed E-state index contributed by atoms with van der Waals surface area (Å²) in [5.74, 6) is 1.31. The van der Waals surface area contributed by atoms with Gasteiger partial charge in [0.05, 0.1) is 5.69 Å². The molecular formula is C13H16N4. The van der Waals surface area contributed by atoms with Crippen LogP contribution in [0.5, 0.6) is 0 Å². The maximum atomic E-state index is 4.63. The van der Waals surface area contributed by atoms with Gasteiger partial charge in [0.1, 0.15) is 5.82 Å². The third kappa shape index (κ3) is 2.00. The Hall–Kier alpha value is -1.55. The van der Waals surface area contributed by atoms with Crippen LogP contribution in [0.15, 0.2) is 18.3 Å². The minimum atomic E-state index is 0.497. The van der Waals surface area contributed by atoms with Crippen LogP contribution in [0.1, 0.15) is 30.3 Å². The Balaban J connectivity index is 2.13. The molecule has 0 spiro atoms. The fourth-order valence-electron chi connectivity index (χ4n) is 2.50. The molecule has 2 aromatic heterocycles. The number of piperidine rings is 1. The van der Waals surface area contributed by atoms with Gasteiger partial charge in [0.2, 0.25) is 0 Å². The lowest BCUT2D eigenvalue weighted by Crippen LogP contribution is -2.29. The number of nitrogens with zero attached hydrogens (tertiary/aromatic N) is 3. The molecule has 3 rings (SSSR count). The molecule has 0 aromatic carbocycles. The van der Waals surface area contributed by atoms with Gasteiger partial charge in [-0.15, -0.1) is 0 Å². The quantitative estimate of drug-likeness (QED) is 0.808. The van der Waals surface area contributed by atoms with E-state index in [1.807, 2.05) is 13.0 Å². The van der Waals surface area contributed by atoms with Gasteiger partial charge in [-0.1, -0.05) is 0 Å². The maximum absolute atomic E-state index is 4.63. The first kappa shape index (κ1) is 10.6. The van der Waals surface area contributed by atoms with Crippen molar-refractivity contribution in [3.8, 4) is 0 Å². The number of pyridine rings is 1. The molecule has 1 aliphatic rings. The van der Waals surface area contributed by atoms with Crippen LogP contribution in [0.25, 0.3) is 11.0 Å². The Morgan fingerprint density at radius 3 is 3.12 bits per heavy atom. The highest BCUT2D eigenvalue weighted by Crippen LogP contribution is 2.26. The summed E-state index contributed by atoms with van der Waals surface area (Å²) in [5.41, 5.74) is 1.98. The van der Waals surface area contributed by atoms with Gasteiger partial charge in [-0.3, -0.25) is 0 Å². The largest absolute Gasteiger partial charge is 0.316 e. The molecule has 1 aliphatic heterocycles. The van der Waals surface area contributed by atoms with E-state index in [9.17, 15) is 0 Å². The lowest BCUT2D eigenvalue weighted by atomic mass is 9.94. The topological polar surface area (TPSA) is 50.7 Å². The molecule has 2 aromatic rings. The van der Waals surface area contributed by atoms with E-state index in [-0.39, 0.29) is 0 Å². The van der Waals surface area contributed by atoms with Gasteiger partial charge < -0.3 is 5.32 Å². The summed E-state index contributed by atoms with van der Waals surface area (Å²) >= 11 is 0. The Bertz CT molecular complexity index is 532. The fourth-order valence-corrected chi connectivity index (χ4v) is 2.50. The Morgan fingerprint density at radius 1 is 1.35 bits per heavy atom. The monoisotopic (exact) mass is 228 g/mol. The minimum Gasteiger partial charge on any atom is -0.316 e. The molecule has 17 heavy (non-hydrogen) atoms. The van der Waals surface area contributed by atoms with E-state index in [2.05, 4.69) is 26.3 Å². The van der Waals surface area contributed by atoms with Crippen LogP contribution in [-0.2, 0) is 0 Å². The average Bonchev–Trinajstić information content (AvgIpc) is 2.39. The molecule has 4 nitrogen and oxygen atoms in total. The summed E-state index contributed by atoms with van der Waals surface area (Å²) < 4.78 is 0. The first-order valence-corrected chi connectivity index (χ1v) is 6.14. The van der Waals surface area contributed by atoms with Crippen molar-refractivity contribution in [2.75, 3.05) is 13.1 Å². The van der Waals surface area contributed by atoms with Crippen LogP contribution in [0.3, 0.4) is 0 Å². The van der Waals surface area contributed by atoms with Gasteiger partial charge in [0, 0.05) is 24.0 Å². The van der Waals surface area contributed by atoms with Crippen molar-refractivity contribution in [1.29, 1.82) is 0 Å². The number of hydrogen-bond acceptors (Lipinski definition) is 4. The zero-order valence-electron chi connectivity index (χ0n) is 9.98. The molecule has 1 atom stereocenters. The average molecular weight is 228 g/mol. The standard InChI is InChI=1S/C13H16N4/c1-9-16-12(10-4-2-6-14-8-10)11-5-3-7-15-13(11)17-9/h3,5,7,10,14H,2,4,6,8H2,1H3. The van der Waals surface area contributed by atoms with Crippen LogP contribution in [0.4, 0.5) is 0 Å². The van der Waals surface area contributed by atoms with Crippen molar-refractivity contribution in [1.82, 2.24) is 20.3 Å². The first-order valence-electron chi connectivity index (χ1n) is 6.14. The van der Waals surface area contributed by atoms with Crippen molar-refractivity contribution in [3.05, 3.63) is 29.8 Å². The van der Waals surface area contributed by atoms with Crippen molar-refractivity contribution >= 4 is 11.0 Å². The molecule has 3 heterocycles. The molecule has 1 unspecified atom stereocenters. The molecule has 0 bridgehead atoms. The van der Waals surface area contributed by atoms with E-state index >= 15 is 0 Å². The summed E-state index contributed by atoms with van der Waals surface area (Å²) in [6.45, 7) is 4.07. The van der Waals surface area contributed by atoms with E-state index < -0.39 is 0 Å². The molecule has 1 saturated heterocycles. The smallest absolute Gasteiger partial charge is 0.163 e.